The Labute approximate surface area is 104 Å². The van der Waals surface area contributed by atoms with Gasteiger partial charge < -0.3 is 5.11 Å². The molecule has 0 unspecified atom stereocenters. The first-order valence-electron chi connectivity index (χ1n) is 6.02. The summed E-state index contributed by atoms with van der Waals surface area (Å²) in [6, 6.07) is 5.63. The third-order valence-electron chi connectivity index (χ3n) is 3.20. The molecule has 1 saturated heterocycles. The van der Waals surface area contributed by atoms with Crippen LogP contribution in [0, 0.1) is 0 Å². The summed E-state index contributed by atoms with van der Waals surface area (Å²) in [5.74, 6) is 0. The Hall–Kier alpha value is -1.07. The van der Waals surface area contributed by atoms with Crippen molar-refractivity contribution in [3.05, 3.63) is 35.4 Å². The highest BCUT2D eigenvalue weighted by molar-refractivity contribution is 5.29. The summed E-state index contributed by atoms with van der Waals surface area (Å²) < 4.78 is 38.4. The van der Waals surface area contributed by atoms with Gasteiger partial charge in [-0.1, -0.05) is 18.2 Å². The summed E-state index contributed by atoms with van der Waals surface area (Å²) in [4.78, 5) is 1.87. The van der Waals surface area contributed by atoms with E-state index in [4.69, 9.17) is 0 Å². The second kappa shape index (κ2) is 5.28. The van der Waals surface area contributed by atoms with Crippen molar-refractivity contribution in [1.82, 2.24) is 4.90 Å². The number of alkyl halides is 3. The Morgan fingerprint density at radius 1 is 1.28 bits per heavy atom. The molecule has 0 aromatic heterocycles. The van der Waals surface area contributed by atoms with Crippen molar-refractivity contribution in [2.45, 2.75) is 31.7 Å². The molecule has 0 bridgehead atoms. The van der Waals surface area contributed by atoms with E-state index in [9.17, 15) is 18.3 Å². The van der Waals surface area contributed by atoms with Gasteiger partial charge in [0.25, 0.3) is 0 Å². The molecule has 0 amide bonds. The van der Waals surface area contributed by atoms with Crippen molar-refractivity contribution in [2.24, 2.45) is 0 Å². The molecule has 1 N–H and O–H groups in total. The molecule has 0 aliphatic carbocycles. The van der Waals surface area contributed by atoms with E-state index >= 15 is 0 Å². The molecule has 2 nitrogen and oxygen atoms in total. The number of piperidine rings is 1. The van der Waals surface area contributed by atoms with Crippen LogP contribution in [0.1, 0.15) is 24.0 Å². The molecule has 2 rings (SSSR count). The molecule has 1 aliphatic heterocycles. The molecule has 1 aromatic rings. The summed E-state index contributed by atoms with van der Waals surface area (Å²) >= 11 is 0. The summed E-state index contributed by atoms with van der Waals surface area (Å²) in [6.07, 6.45) is -3.17. The molecular formula is C13H16F3NO. The first kappa shape index (κ1) is 13.4. The molecule has 0 spiro atoms. The van der Waals surface area contributed by atoms with Crippen LogP contribution in [0.5, 0.6) is 0 Å². The van der Waals surface area contributed by atoms with Crippen LogP contribution in [0.2, 0.25) is 0 Å². The summed E-state index contributed by atoms with van der Waals surface area (Å²) in [7, 11) is 0. The van der Waals surface area contributed by atoms with Gasteiger partial charge in [-0.2, -0.15) is 13.2 Å². The van der Waals surface area contributed by atoms with E-state index in [1.165, 1.54) is 12.1 Å². The lowest BCUT2D eigenvalue weighted by atomic mass is 10.0. The minimum absolute atomic E-state index is 0.243. The van der Waals surface area contributed by atoms with E-state index in [1.807, 2.05) is 4.90 Å². The summed E-state index contributed by atoms with van der Waals surface area (Å²) in [5.41, 5.74) is -0.302. The number of hydrogen-bond donors (Lipinski definition) is 1. The van der Waals surface area contributed by atoms with Crippen LogP contribution < -0.4 is 0 Å². The molecule has 1 atom stereocenters. The van der Waals surface area contributed by atoms with Crippen LogP contribution in [0.3, 0.4) is 0 Å². The van der Waals surface area contributed by atoms with Crippen molar-refractivity contribution in [3.8, 4) is 0 Å². The van der Waals surface area contributed by atoms with Crippen LogP contribution in [-0.2, 0) is 12.7 Å². The van der Waals surface area contributed by atoms with Crippen LogP contribution in [0.25, 0.3) is 0 Å². The van der Waals surface area contributed by atoms with E-state index in [0.717, 1.165) is 25.5 Å². The first-order chi connectivity index (χ1) is 8.47. The monoisotopic (exact) mass is 259 g/mol. The van der Waals surface area contributed by atoms with Crippen LogP contribution in [-0.4, -0.2) is 29.2 Å². The number of halogens is 3. The van der Waals surface area contributed by atoms with Crippen molar-refractivity contribution < 1.29 is 18.3 Å². The van der Waals surface area contributed by atoms with Gasteiger partial charge in [0, 0.05) is 13.1 Å². The fourth-order valence-corrected chi connectivity index (χ4v) is 2.35. The highest BCUT2D eigenvalue weighted by Crippen LogP contribution is 2.32. The number of β-amino-alcohol motifs (C(OH)–C–C–N with tert-alkyl or cyclic N) is 1. The van der Waals surface area contributed by atoms with Crippen LogP contribution in [0.4, 0.5) is 13.2 Å². The van der Waals surface area contributed by atoms with Gasteiger partial charge in [-0.05, 0) is 31.0 Å². The van der Waals surface area contributed by atoms with Gasteiger partial charge in [0.15, 0.2) is 0 Å². The topological polar surface area (TPSA) is 23.5 Å². The predicted octanol–water partition coefficient (Wildman–Crippen LogP) is 2.66. The number of benzene rings is 1. The van der Waals surface area contributed by atoms with Crippen LogP contribution >= 0.6 is 0 Å². The maximum atomic E-state index is 12.8. The standard InChI is InChI=1S/C13H16F3NO/c14-13(15,16)12-6-2-1-4-10(12)8-17-7-3-5-11(18)9-17/h1-2,4,6,11,18H,3,5,7-9H2/t11-/m0/s1. The van der Waals surface area contributed by atoms with Gasteiger partial charge in [0.05, 0.1) is 11.7 Å². The lowest BCUT2D eigenvalue weighted by Crippen LogP contribution is -2.38. The van der Waals surface area contributed by atoms with Crippen molar-refractivity contribution in [2.75, 3.05) is 13.1 Å². The SMILES string of the molecule is O[C@H]1CCCN(Cc2ccccc2C(F)(F)F)C1. The fourth-order valence-electron chi connectivity index (χ4n) is 2.35. The summed E-state index contributed by atoms with van der Waals surface area (Å²) in [6.45, 7) is 1.43. The van der Waals surface area contributed by atoms with Crippen LogP contribution in [0.15, 0.2) is 24.3 Å². The second-order valence-electron chi connectivity index (χ2n) is 4.69. The van der Waals surface area contributed by atoms with Gasteiger partial charge in [-0.25, -0.2) is 0 Å². The lowest BCUT2D eigenvalue weighted by molar-refractivity contribution is -0.138. The second-order valence-corrected chi connectivity index (χ2v) is 4.69. The molecule has 1 aromatic carbocycles. The van der Waals surface area contributed by atoms with Gasteiger partial charge in [-0.3, -0.25) is 4.90 Å². The van der Waals surface area contributed by atoms with Gasteiger partial charge in [-0.15, -0.1) is 0 Å². The zero-order valence-corrected chi connectivity index (χ0v) is 9.95. The molecule has 0 saturated carbocycles. The molecular weight excluding hydrogens is 243 g/mol. The van der Waals surface area contributed by atoms with E-state index < -0.39 is 17.8 Å². The van der Waals surface area contributed by atoms with Crippen molar-refractivity contribution in [3.63, 3.8) is 0 Å². The van der Waals surface area contributed by atoms with E-state index in [1.54, 1.807) is 6.07 Å². The van der Waals surface area contributed by atoms with E-state index in [2.05, 4.69) is 0 Å². The Morgan fingerprint density at radius 2 is 2.00 bits per heavy atom. The van der Waals surface area contributed by atoms with Gasteiger partial charge >= 0.3 is 6.18 Å². The fraction of sp³-hybridized carbons (Fsp3) is 0.538. The first-order valence-corrected chi connectivity index (χ1v) is 6.02. The molecule has 1 heterocycles. The number of aliphatic hydroxyl groups excluding tert-OH is 1. The third kappa shape index (κ3) is 3.23. The zero-order valence-electron chi connectivity index (χ0n) is 9.95. The Kier molecular flexibility index (Phi) is 3.92. The normalized spacial score (nSPS) is 22.1. The third-order valence-corrected chi connectivity index (χ3v) is 3.20. The number of hydrogen-bond acceptors (Lipinski definition) is 2. The Morgan fingerprint density at radius 3 is 2.67 bits per heavy atom. The number of likely N-dealkylation sites (tertiary alicyclic amines) is 1. The molecule has 1 aliphatic rings. The molecule has 5 heteroatoms. The largest absolute Gasteiger partial charge is 0.416 e. The quantitative estimate of drug-likeness (QED) is 0.882. The molecule has 18 heavy (non-hydrogen) atoms. The smallest absolute Gasteiger partial charge is 0.392 e. The Balaban J connectivity index is 2.13. The number of nitrogens with zero attached hydrogens (tertiary/aromatic N) is 1. The minimum atomic E-state index is -4.31. The van der Waals surface area contributed by atoms with Gasteiger partial charge in [0.1, 0.15) is 0 Å². The number of rotatable bonds is 2. The average molecular weight is 259 g/mol. The lowest BCUT2D eigenvalue weighted by Gasteiger charge is -2.30. The van der Waals surface area contributed by atoms with Crippen molar-refractivity contribution in [1.29, 1.82) is 0 Å². The maximum absolute atomic E-state index is 12.8. The molecule has 1 fully saturated rings. The van der Waals surface area contributed by atoms with E-state index in [-0.39, 0.29) is 12.1 Å². The summed E-state index contributed by atoms with van der Waals surface area (Å²) in [5, 5.41) is 9.52. The zero-order chi connectivity index (χ0) is 13.2. The molecule has 0 radical (unpaired) electrons. The minimum Gasteiger partial charge on any atom is -0.392 e. The highest BCUT2D eigenvalue weighted by Gasteiger charge is 2.33. The molecule has 100 valence electrons. The maximum Gasteiger partial charge on any atom is 0.416 e. The Bertz CT molecular complexity index is 405. The van der Waals surface area contributed by atoms with E-state index in [0.29, 0.717) is 6.54 Å². The van der Waals surface area contributed by atoms with Crippen molar-refractivity contribution >= 4 is 0 Å². The van der Waals surface area contributed by atoms with Gasteiger partial charge in [0.2, 0.25) is 0 Å². The average Bonchev–Trinajstić information content (AvgIpc) is 2.28. The predicted molar refractivity (Wildman–Crippen MR) is 62.0 cm³/mol. The highest BCUT2D eigenvalue weighted by atomic mass is 19.4. The number of aliphatic hydroxyl groups is 1.